The van der Waals surface area contributed by atoms with Crippen molar-refractivity contribution in [1.29, 1.82) is 0 Å². The maximum absolute atomic E-state index is 13.1. The van der Waals surface area contributed by atoms with Crippen LogP contribution in [0.1, 0.15) is 10.4 Å². The van der Waals surface area contributed by atoms with Crippen LogP contribution in [-0.4, -0.2) is 41.6 Å². The quantitative estimate of drug-likeness (QED) is 0.112. The summed E-state index contributed by atoms with van der Waals surface area (Å²) in [7, 11) is -6.83. The summed E-state index contributed by atoms with van der Waals surface area (Å²) in [5, 5.41) is 3.63. The topological polar surface area (TPSA) is 104 Å². The van der Waals surface area contributed by atoms with Crippen LogP contribution in [0, 0.1) is 0 Å². The molecule has 0 amide bonds. The molecule has 0 aromatic heterocycles. The molecule has 6 nitrogen and oxygen atoms in total. The number of esters is 1. The lowest BCUT2D eigenvalue weighted by Gasteiger charge is -2.29. The highest BCUT2D eigenvalue weighted by Crippen LogP contribution is 2.38. The molecule has 0 fully saturated rings. The van der Waals surface area contributed by atoms with Gasteiger partial charge in [-0.15, -0.1) is 0 Å². The van der Waals surface area contributed by atoms with Crippen LogP contribution in [0.4, 0.5) is 22.0 Å². The predicted molar refractivity (Wildman–Crippen MR) is 139 cm³/mol. The van der Waals surface area contributed by atoms with Crippen molar-refractivity contribution in [3.8, 4) is 5.75 Å². The summed E-state index contributed by atoms with van der Waals surface area (Å²) < 4.78 is 97.8. The summed E-state index contributed by atoms with van der Waals surface area (Å²) in [6.45, 7) is 0. The van der Waals surface area contributed by atoms with E-state index in [-0.39, 0.29) is 10.9 Å². The fourth-order valence-electron chi connectivity index (χ4n) is 3.31. The number of hydrogen-bond donors (Lipinski definition) is 1. The van der Waals surface area contributed by atoms with Gasteiger partial charge in [-0.1, -0.05) is 54.6 Å². The molecule has 0 heterocycles. The van der Waals surface area contributed by atoms with Gasteiger partial charge in [0.1, 0.15) is 5.75 Å². The van der Waals surface area contributed by atoms with E-state index in [1.165, 1.54) is 32.9 Å². The van der Waals surface area contributed by atoms with Gasteiger partial charge in [-0.2, -0.15) is 22.0 Å². The number of alkyl halides is 5. The van der Waals surface area contributed by atoms with E-state index >= 15 is 0 Å². The van der Waals surface area contributed by atoms with Crippen molar-refractivity contribution < 1.29 is 49.6 Å². The standard InChI is InChI=1S/C18H14OS.C10H7F5O5S/c19-15-11-13-18(14-12-15)20(16-7-3-1-4-8-16)17-9-5-2-6-10-17;11-9(12,13)8(10(14,15)21(17,18)19)20-7(16)6-4-2-1-3-5-6/h1-14H;1-5,8H,(H,17,18,19). The fourth-order valence-corrected chi connectivity index (χ4v) is 5.84. The maximum Gasteiger partial charge on any atom is 0.432 e. The molecule has 1 atom stereocenters. The highest BCUT2D eigenvalue weighted by atomic mass is 32.2. The lowest BCUT2D eigenvalue weighted by Crippen LogP contribution is -2.52. The number of ether oxygens (including phenoxy) is 1. The van der Waals surface area contributed by atoms with E-state index in [1.54, 1.807) is 12.1 Å². The Hall–Kier alpha value is -3.94. The average molecular weight is 613 g/mol. The molecule has 4 aromatic carbocycles. The molecule has 0 saturated heterocycles. The fraction of sp³-hybridized carbons (Fsp3) is 0.107. The Morgan fingerprint density at radius 3 is 1.49 bits per heavy atom. The summed E-state index contributed by atoms with van der Waals surface area (Å²) in [5.74, 6) is -1.54. The lowest BCUT2D eigenvalue weighted by atomic mass is 10.2. The Balaban J connectivity index is 0.000000225. The molecule has 1 unspecified atom stereocenters. The number of phenols is 1. The smallest absolute Gasteiger partial charge is 0.432 e. The van der Waals surface area contributed by atoms with Crippen LogP contribution in [-0.2, 0) is 25.7 Å². The Bertz CT molecular complexity index is 1480. The number of phenolic OH excluding ortho intramolecular Hbond substituents is 1. The van der Waals surface area contributed by atoms with Gasteiger partial charge in [-0.05, 0) is 60.7 Å². The molecule has 4 aromatic rings. The van der Waals surface area contributed by atoms with Gasteiger partial charge < -0.3 is 14.4 Å². The minimum absolute atomic E-state index is 0.134. The van der Waals surface area contributed by atoms with Crippen molar-refractivity contribution in [2.45, 2.75) is 32.2 Å². The molecule has 0 aliphatic heterocycles. The predicted octanol–water partition coefficient (Wildman–Crippen LogP) is 6.40. The number of rotatable bonds is 7. The molecule has 1 N–H and O–H groups in total. The van der Waals surface area contributed by atoms with Gasteiger partial charge in [0.25, 0.3) is 6.10 Å². The van der Waals surface area contributed by atoms with E-state index in [9.17, 15) is 44.8 Å². The van der Waals surface area contributed by atoms with Crippen LogP contribution in [0.25, 0.3) is 0 Å². The summed E-state index contributed by atoms with van der Waals surface area (Å²) in [4.78, 5) is 15.1. The van der Waals surface area contributed by atoms with E-state index < -0.39 is 39.2 Å². The van der Waals surface area contributed by atoms with E-state index in [4.69, 9.17) is 0 Å². The number of carbonyl (C=O) groups excluding carboxylic acids is 1. The Morgan fingerprint density at radius 2 is 1.10 bits per heavy atom. The van der Waals surface area contributed by atoms with Crippen LogP contribution in [0.3, 0.4) is 0 Å². The van der Waals surface area contributed by atoms with Gasteiger partial charge in [-0.3, -0.25) is 0 Å². The zero-order valence-electron chi connectivity index (χ0n) is 20.7. The van der Waals surface area contributed by atoms with Gasteiger partial charge in [0.15, 0.2) is 24.8 Å². The lowest BCUT2D eigenvalue weighted by molar-refractivity contribution is -0.248. The van der Waals surface area contributed by atoms with Crippen molar-refractivity contribution in [2.24, 2.45) is 0 Å². The molecule has 216 valence electrons. The van der Waals surface area contributed by atoms with Crippen molar-refractivity contribution in [3.05, 3.63) is 121 Å². The zero-order chi connectivity index (χ0) is 30.3. The first kappa shape index (κ1) is 31.6. The first-order chi connectivity index (χ1) is 19.2. The number of carbonyl (C=O) groups is 1. The van der Waals surface area contributed by atoms with E-state index in [1.807, 2.05) is 24.3 Å². The minimum Gasteiger partial charge on any atom is -0.743 e. The molecule has 0 aliphatic carbocycles. The Morgan fingerprint density at radius 1 is 0.707 bits per heavy atom. The number of hydrogen-bond acceptors (Lipinski definition) is 6. The molecule has 41 heavy (non-hydrogen) atoms. The summed E-state index contributed by atoms with van der Waals surface area (Å²) in [5.41, 5.74) is -0.522. The molecular formula is C28H21F5O6S2. The molecule has 0 bridgehead atoms. The van der Waals surface area contributed by atoms with Crippen molar-refractivity contribution >= 4 is 27.0 Å². The summed E-state index contributed by atoms with van der Waals surface area (Å²) >= 11 is 0. The van der Waals surface area contributed by atoms with Gasteiger partial charge in [-0.25, -0.2) is 13.2 Å². The number of halogens is 5. The van der Waals surface area contributed by atoms with E-state index in [0.29, 0.717) is 5.75 Å². The highest BCUT2D eigenvalue weighted by molar-refractivity contribution is 7.97. The van der Waals surface area contributed by atoms with Crippen molar-refractivity contribution in [1.82, 2.24) is 0 Å². The second kappa shape index (κ2) is 13.1. The molecule has 13 heteroatoms. The third-order valence-corrected chi connectivity index (χ3v) is 8.31. The first-order valence-corrected chi connectivity index (χ1v) is 14.1. The molecular weight excluding hydrogens is 591 g/mol. The highest BCUT2D eigenvalue weighted by Gasteiger charge is 2.63. The largest absolute Gasteiger partial charge is 0.743 e. The normalized spacial score (nSPS) is 12.7. The van der Waals surface area contributed by atoms with Crippen LogP contribution < -0.4 is 0 Å². The molecule has 0 spiro atoms. The van der Waals surface area contributed by atoms with Gasteiger partial charge in [0.2, 0.25) is 0 Å². The van der Waals surface area contributed by atoms with Gasteiger partial charge in [0.05, 0.1) is 16.5 Å². The van der Waals surface area contributed by atoms with Crippen molar-refractivity contribution in [3.63, 3.8) is 0 Å². The first-order valence-electron chi connectivity index (χ1n) is 11.5. The monoisotopic (exact) mass is 612 g/mol. The summed E-state index contributed by atoms with van der Waals surface area (Å²) in [6.07, 6.45) is -10.4. The molecule has 0 saturated carbocycles. The zero-order valence-corrected chi connectivity index (χ0v) is 22.4. The van der Waals surface area contributed by atoms with Gasteiger partial charge in [0, 0.05) is 0 Å². The number of benzene rings is 4. The Labute approximate surface area is 235 Å². The van der Waals surface area contributed by atoms with Crippen LogP contribution in [0.2, 0.25) is 0 Å². The van der Waals surface area contributed by atoms with E-state index in [0.717, 1.165) is 12.1 Å². The third-order valence-electron chi connectivity index (χ3n) is 5.20. The summed E-state index contributed by atoms with van der Waals surface area (Å²) in [6, 6.07) is 34.2. The van der Waals surface area contributed by atoms with Crippen LogP contribution in [0.15, 0.2) is 130 Å². The second-order valence-corrected chi connectivity index (χ2v) is 11.6. The minimum atomic E-state index is -6.69. The van der Waals surface area contributed by atoms with Crippen LogP contribution >= 0.6 is 0 Å². The van der Waals surface area contributed by atoms with Crippen molar-refractivity contribution in [2.75, 3.05) is 0 Å². The third kappa shape index (κ3) is 8.28. The number of aromatic hydroxyl groups is 1. The van der Waals surface area contributed by atoms with Crippen LogP contribution in [0.5, 0.6) is 5.75 Å². The maximum atomic E-state index is 13.1. The SMILES string of the molecule is O=C(OC(C(F)(F)F)C(F)(F)S(=O)(=O)[O-])c1ccccc1.Oc1ccc([S+](c2ccccc2)c2ccccc2)cc1. The molecule has 0 radical (unpaired) electrons. The molecule has 0 aliphatic rings. The average Bonchev–Trinajstić information content (AvgIpc) is 2.93. The molecule has 4 rings (SSSR count). The van der Waals surface area contributed by atoms with Gasteiger partial charge >= 0.3 is 17.4 Å². The second-order valence-electron chi connectivity index (χ2n) is 8.14. The van der Waals surface area contributed by atoms with E-state index in [2.05, 4.69) is 53.3 Å². The Kier molecular flexibility index (Phi) is 10.1.